The van der Waals surface area contributed by atoms with Crippen LogP contribution in [0.15, 0.2) is 146 Å². The molecule has 12 aromatic rings. The quantitative estimate of drug-likeness (QED) is 0.151. The van der Waals surface area contributed by atoms with Gasteiger partial charge in [-0.25, -0.2) is 0 Å². The molecule has 78 heavy (non-hydrogen) atoms. The van der Waals surface area contributed by atoms with Gasteiger partial charge >= 0.3 is 0 Å². The van der Waals surface area contributed by atoms with Crippen LogP contribution in [0.2, 0.25) is 0 Å². The number of rotatable bonds is 0. The van der Waals surface area contributed by atoms with Crippen molar-refractivity contribution in [1.29, 1.82) is 0 Å². The van der Waals surface area contributed by atoms with E-state index >= 15 is 0 Å². The SMILES string of the molecule is Cc1cc(C)c2ncccc2c1C.Cc1ccc2c(C)c(C)ccc2n1.Cc1ccc2cc(C)c(C)cc2n1.Cc1ccc2nccc(C)c2c1C.Cc1cnc2cc(C)c(C)cc2c1.Cc1cnc2ccc(C)c(C)c2c1. The van der Waals surface area contributed by atoms with Gasteiger partial charge in [0.15, 0.2) is 0 Å². The van der Waals surface area contributed by atoms with E-state index in [1.807, 2.05) is 44.7 Å². The van der Waals surface area contributed by atoms with Crippen molar-refractivity contribution in [2.24, 2.45) is 0 Å². The molecule has 0 aliphatic heterocycles. The van der Waals surface area contributed by atoms with Crippen LogP contribution in [-0.2, 0) is 0 Å². The minimum absolute atomic E-state index is 1.08. The summed E-state index contributed by atoms with van der Waals surface area (Å²) < 4.78 is 0. The molecule has 6 heterocycles. The normalized spacial score (nSPS) is 10.7. The first kappa shape index (κ1) is 57.5. The van der Waals surface area contributed by atoms with E-state index in [0.717, 1.165) is 44.5 Å². The van der Waals surface area contributed by atoms with Crippen LogP contribution < -0.4 is 0 Å². The molecule has 0 N–H and O–H groups in total. The Hall–Kier alpha value is -8.22. The Morgan fingerprint density at radius 2 is 0.795 bits per heavy atom. The number of hydrogen-bond acceptors (Lipinski definition) is 6. The third-order valence-corrected chi connectivity index (χ3v) is 15.2. The van der Waals surface area contributed by atoms with Gasteiger partial charge in [-0.1, -0.05) is 42.5 Å². The van der Waals surface area contributed by atoms with E-state index in [9.17, 15) is 0 Å². The maximum atomic E-state index is 4.48. The Morgan fingerprint density at radius 1 is 0.269 bits per heavy atom. The summed E-state index contributed by atoms with van der Waals surface area (Å²) >= 11 is 0. The Labute approximate surface area is 464 Å². The number of benzene rings is 6. The molecule has 6 nitrogen and oxygen atoms in total. The summed E-state index contributed by atoms with van der Waals surface area (Å²) in [7, 11) is 0. The summed E-state index contributed by atoms with van der Waals surface area (Å²) in [5.41, 5.74) is 29.8. The van der Waals surface area contributed by atoms with E-state index in [1.54, 1.807) is 0 Å². The highest BCUT2D eigenvalue weighted by atomic mass is 14.7. The van der Waals surface area contributed by atoms with Crippen molar-refractivity contribution >= 4 is 65.4 Å². The van der Waals surface area contributed by atoms with Gasteiger partial charge in [-0.05, 0) is 293 Å². The molecular weight excluding hydrogens is 949 g/mol. The van der Waals surface area contributed by atoms with Crippen molar-refractivity contribution in [1.82, 2.24) is 29.9 Å². The van der Waals surface area contributed by atoms with Crippen molar-refractivity contribution in [2.75, 3.05) is 0 Å². The lowest BCUT2D eigenvalue weighted by Gasteiger charge is -2.07. The predicted molar refractivity (Wildman–Crippen MR) is 336 cm³/mol. The van der Waals surface area contributed by atoms with E-state index in [4.69, 9.17) is 0 Å². The van der Waals surface area contributed by atoms with Crippen molar-refractivity contribution in [3.05, 3.63) is 247 Å². The number of nitrogens with zero attached hydrogens (tertiary/aromatic N) is 6. The zero-order chi connectivity index (χ0) is 56.5. The molecule has 0 saturated carbocycles. The van der Waals surface area contributed by atoms with E-state index in [1.165, 1.54) is 121 Å². The minimum Gasteiger partial charge on any atom is -0.256 e. The number of pyridine rings is 6. The molecule has 0 spiro atoms. The smallest absolute Gasteiger partial charge is 0.0733 e. The molecule has 0 atom stereocenters. The third-order valence-electron chi connectivity index (χ3n) is 15.2. The summed E-state index contributed by atoms with van der Waals surface area (Å²) in [5.74, 6) is 0. The maximum Gasteiger partial charge on any atom is 0.0733 e. The largest absolute Gasteiger partial charge is 0.256 e. The number of hydrogen-bond donors (Lipinski definition) is 0. The number of aryl methyl sites for hydroxylation is 18. The Balaban J connectivity index is 0.000000136. The summed E-state index contributed by atoms with van der Waals surface area (Å²) in [6.07, 6.45) is 7.55. The van der Waals surface area contributed by atoms with Crippen molar-refractivity contribution in [3.8, 4) is 0 Å². The molecular formula is C72H78N6. The second-order valence-electron chi connectivity index (χ2n) is 21.4. The number of fused-ring (bicyclic) bond motifs is 6. The molecule has 0 aliphatic rings. The van der Waals surface area contributed by atoms with E-state index in [0.29, 0.717) is 0 Å². The zero-order valence-corrected chi connectivity index (χ0v) is 49.5. The van der Waals surface area contributed by atoms with Gasteiger partial charge in [0.2, 0.25) is 0 Å². The summed E-state index contributed by atoms with van der Waals surface area (Å²) in [5, 5.41) is 7.60. The van der Waals surface area contributed by atoms with Gasteiger partial charge < -0.3 is 0 Å². The highest BCUT2D eigenvalue weighted by Gasteiger charge is 2.06. The molecule has 396 valence electrons. The Kier molecular flexibility index (Phi) is 18.6. The Morgan fingerprint density at radius 3 is 1.47 bits per heavy atom. The topological polar surface area (TPSA) is 77.3 Å². The lowest BCUT2D eigenvalue weighted by molar-refractivity contribution is 1.24. The molecule has 12 rings (SSSR count). The molecule has 6 aromatic carbocycles. The highest BCUT2D eigenvalue weighted by molar-refractivity contribution is 5.88. The highest BCUT2D eigenvalue weighted by Crippen LogP contribution is 2.26. The van der Waals surface area contributed by atoms with Crippen LogP contribution in [0.3, 0.4) is 0 Å². The van der Waals surface area contributed by atoms with Gasteiger partial charge in [0.1, 0.15) is 0 Å². The first-order valence-corrected chi connectivity index (χ1v) is 27.1. The predicted octanol–water partition coefficient (Wildman–Crippen LogP) is 19.0. The third kappa shape index (κ3) is 13.8. The molecule has 0 unspecified atom stereocenters. The van der Waals surface area contributed by atoms with Crippen LogP contribution in [0.25, 0.3) is 65.4 Å². The molecule has 0 aliphatic carbocycles. The monoisotopic (exact) mass is 1030 g/mol. The van der Waals surface area contributed by atoms with E-state index in [-0.39, 0.29) is 0 Å². The lowest BCUT2D eigenvalue weighted by Crippen LogP contribution is -1.89. The average molecular weight is 1030 g/mol. The fraction of sp³-hybridized carbons (Fsp3) is 0.250. The van der Waals surface area contributed by atoms with Crippen molar-refractivity contribution < 1.29 is 0 Å². The van der Waals surface area contributed by atoms with Gasteiger partial charge in [-0.3, -0.25) is 29.9 Å². The fourth-order valence-corrected chi connectivity index (χ4v) is 9.57. The molecule has 6 aromatic heterocycles. The average Bonchev–Trinajstić information content (AvgIpc) is 3.43. The summed E-state index contributed by atoms with van der Waals surface area (Å²) in [4.78, 5) is 26.4. The van der Waals surface area contributed by atoms with Gasteiger partial charge in [-0.15, -0.1) is 0 Å². The fourth-order valence-electron chi connectivity index (χ4n) is 9.57. The molecule has 0 amide bonds. The maximum absolute atomic E-state index is 4.48. The molecule has 0 bridgehead atoms. The van der Waals surface area contributed by atoms with Gasteiger partial charge in [0.25, 0.3) is 0 Å². The van der Waals surface area contributed by atoms with E-state index < -0.39 is 0 Å². The van der Waals surface area contributed by atoms with Crippen LogP contribution in [0.1, 0.15) is 100 Å². The van der Waals surface area contributed by atoms with Crippen molar-refractivity contribution in [3.63, 3.8) is 0 Å². The first-order chi connectivity index (χ1) is 37.1. The second-order valence-corrected chi connectivity index (χ2v) is 21.4. The molecule has 0 saturated heterocycles. The molecule has 0 radical (unpaired) electrons. The first-order valence-electron chi connectivity index (χ1n) is 27.1. The van der Waals surface area contributed by atoms with Crippen LogP contribution >= 0.6 is 0 Å². The Bertz CT molecular complexity index is 4010. The lowest BCUT2D eigenvalue weighted by atomic mass is 10.0. The van der Waals surface area contributed by atoms with Crippen LogP contribution in [-0.4, -0.2) is 29.9 Å². The van der Waals surface area contributed by atoms with Crippen LogP contribution in [0, 0.1) is 125 Å². The van der Waals surface area contributed by atoms with Gasteiger partial charge in [-0.2, -0.15) is 0 Å². The zero-order valence-electron chi connectivity index (χ0n) is 49.5. The number of aromatic nitrogens is 6. The standard InChI is InChI=1S/6C12H13N/c1-8-4-11-5-9(2)10(3)6-12(11)13-7-8;1-8-4-7-12-11(10(8)3)6-5-9(2)13-12;1-8-6-11-5-4-10(3)13-12(11)7-9(8)2;1-8-6-11-10(3)9(2)4-5-12(11)13-7-8;1-8-4-5-11-12(10(8)3)9(2)6-7-13-11;1-8-7-9(2)12-11(10(8)3)5-4-6-13-12/h6*4-7H,1-3H3. The van der Waals surface area contributed by atoms with Crippen LogP contribution in [0.5, 0.6) is 0 Å². The second kappa shape index (κ2) is 25.3. The van der Waals surface area contributed by atoms with Gasteiger partial charge in [0.05, 0.1) is 33.1 Å². The molecule has 6 heteroatoms. The summed E-state index contributed by atoms with van der Waals surface area (Å²) in [6.45, 7) is 38.1. The molecule has 0 fully saturated rings. The minimum atomic E-state index is 1.08. The van der Waals surface area contributed by atoms with Crippen LogP contribution in [0.4, 0.5) is 0 Å². The van der Waals surface area contributed by atoms with Crippen molar-refractivity contribution in [2.45, 2.75) is 125 Å². The van der Waals surface area contributed by atoms with E-state index in [2.05, 4.69) is 256 Å². The summed E-state index contributed by atoms with van der Waals surface area (Å²) in [6, 6.07) is 42.5. The van der Waals surface area contributed by atoms with Gasteiger partial charge in [0, 0.05) is 68.5 Å².